The summed E-state index contributed by atoms with van der Waals surface area (Å²) in [4.78, 5) is 0. The predicted molar refractivity (Wildman–Crippen MR) is 41.5 cm³/mol. The molecule has 0 aliphatic rings. The highest BCUT2D eigenvalue weighted by atomic mass is 32.2. The quantitative estimate of drug-likeness (QED) is 0.428. The zero-order valence-corrected chi connectivity index (χ0v) is 7.80. The Labute approximate surface area is 69.3 Å². The van der Waals surface area contributed by atoms with E-state index in [4.69, 9.17) is 18.4 Å². The van der Waals surface area contributed by atoms with Crippen LogP contribution in [0.5, 0.6) is 0 Å². The van der Waals surface area contributed by atoms with Gasteiger partial charge in [-0.1, -0.05) is 0 Å². The topological polar surface area (TPSA) is 80.6 Å². The monoisotopic (exact) mass is 185 g/mol. The molecule has 0 saturated carbocycles. The van der Waals surface area contributed by atoms with Crippen LogP contribution >= 0.6 is 0 Å². The van der Waals surface area contributed by atoms with Crippen molar-refractivity contribution in [2.24, 2.45) is 0 Å². The highest BCUT2D eigenvalue weighted by Gasteiger charge is 2.02. The Kier molecular flexibility index (Phi) is 8.25. The maximum absolute atomic E-state index is 8.56. The summed E-state index contributed by atoms with van der Waals surface area (Å²) in [6.07, 6.45) is 0. The van der Waals surface area contributed by atoms with Crippen molar-refractivity contribution in [3.8, 4) is 0 Å². The lowest BCUT2D eigenvalue weighted by Crippen LogP contribution is -2.36. The number of likely N-dealkylation sites (N-methyl/N-ethyl adjacent to an activating group) is 1. The van der Waals surface area contributed by atoms with Crippen molar-refractivity contribution in [2.75, 3.05) is 34.3 Å². The van der Waals surface area contributed by atoms with Crippen LogP contribution in [-0.2, 0) is 11.4 Å². The molecular formula is C5H15NO4S. The van der Waals surface area contributed by atoms with Crippen LogP contribution in [0.1, 0.15) is 0 Å². The van der Waals surface area contributed by atoms with Crippen molar-refractivity contribution in [2.45, 2.75) is 0 Å². The molecule has 0 fully saturated rings. The van der Waals surface area contributed by atoms with Gasteiger partial charge in [-0.2, -0.15) is 0 Å². The summed E-state index contributed by atoms with van der Waals surface area (Å²) in [6, 6.07) is 0. The molecule has 5 nitrogen and oxygen atoms in total. The highest BCUT2D eigenvalue weighted by Crippen LogP contribution is 1.84. The average Bonchev–Trinajstić information content (AvgIpc) is 1.58. The molecule has 0 aliphatic heterocycles. The van der Waals surface area contributed by atoms with E-state index in [1.165, 1.54) is 0 Å². The Morgan fingerprint density at radius 2 is 1.73 bits per heavy atom. The molecule has 0 radical (unpaired) electrons. The Morgan fingerprint density at radius 1 is 1.45 bits per heavy atom. The van der Waals surface area contributed by atoms with E-state index in [0.29, 0.717) is 0 Å². The maximum Gasteiger partial charge on any atom is 0.101 e. The molecular weight excluding hydrogens is 170 g/mol. The predicted octanol–water partition coefficient (Wildman–Crippen LogP) is -0.977. The Hall–Kier alpha value is -0.0100. The normalized spacial score (nSPS) is 13.3. The van der Waals surface area contributed by atoms with Gasteiger partial charge in [-0.25, -0.2) is 4.21 Å². The van der Waals surface area contributed by atoms with E-state index in [0.717, 1.165) is 11.0 Å². The summed E-state index contributed by atoms with van der Waals surface area (Å²) in [6.45, 7) is 1.11. The number of quaternary nitrogens is 1. The van der Waals surface area contributed by atoms with Crippen molar-refractivity contribution in [1.29, 1.82) is 0 Å². The molecule has 2 N–H and O–H groups in total. The molecule has 0 aliphatic carbocycles. The van der Waals surface area contributed by atoms with E-state index in [1.807, 2.05) is 0 Å². The maximum atomic E-state index is 8.56. The second-order valence-electron chi connectivity index (χ2n) is 2.95. The Morgan fingerprint density at radius 3 is 1.73 bits per heavy atom. The third kappa shape index (κ3) is 40.1. The SMILES string of the molecule is C[N+](C)(C)CCO.O=S([O-])O. The minimum atomic E-state index is -2.86. The average molecular weight is 185 g/mol. The van der Waals surface area contributed by atoms with Gasteiger partial charge in [0.25, 0.3) is 0 Å². The summed E-state index contributed by atoms with van der Waals surface area (Å²) < 4.78 is 24.9. The fourth-order valence-electron chi connectivity index (χ4n) is 0.300. The second kappa shape index (κ2) is 6.68. The number of hydrogen-bond acceptors (Lipinski definition) is 3. The second-order valence-corrected chi connectivity index (χ2v) is 3.39. The van der Waals surface area contributed by atoms with Gasteiger partial charge in [0.05, 0.1) is 39.1 Å². The van der Waals surface area contributed by atoms with Crippen LogP contribution in [0, 0.1) is 0 Å². The standard InChI is InChI=1S/C5H14NO.H2O3S/c1-6(2,3)4-5-7;1-4(2)3/h7H,4-5H2,1-3H3;(H2,1,2,3)/q+1;/p-1. The van der Waals surface area contributed by atoms with Gasteiger partial charge in [-0.15, -0.1) is 0 Å². The first kappa shape index (κ1) is 13.6. The lowest BCUT2D eigenvalue weighted by Gasteiger charge is -2.21. The summed E-state index contributed by atoms with van der Waals surface area (Å²) >= 11 is -2.86. The molecule has 0 rings (SSSR count). The van der Waals surface area contributed by atoms with E-state index >= 15 is 0 Å². The molecule has 11 heavy (non-hydrogen) atoms. The third-order valence-corrected chi connectivity index (χ3v) is 0.771. The first-order chi connectivity index (χ1) is 4.79. The number of nitrogens with zero attached hydrogens (tertiary/aromatic N) is 1. The van der Waals surface area contributed by atoms with Gasteiger partial charge in [0.15, 0.2) is 0 Å². The van der Waals surface area contributed by atoms with E-state index in [9.17, 15) is 0 Å². The van der Waals surface area contributed by atoms with Crippen LogP contribution in [0.25, 0.3) is 0 Å². The van der Waals surface area contributed by atoms with Gasteiger partial charge in [-0.3, -0.25) is 0 Å². The van der Waals surface area contributed by atoms with Gasteiger partial charge in [0, 0.05) is 0 Å². The fourth-order valence-corrected chi connectivity index (χ4v) is 0.300. The molecule has 1 atom stereocenters. The summed E-state index contributed by atoms with van der Waals surface area (Å²) in [7, 11) is 6.16. The van der Waals surface area contributed by atoms with E-state index in [1.54, 1.807) is 0 Å². The Balaban J connectivity index is 0. The fraction of sp³-hybridized carbons (Fsp3) is 1.00. The molecule has 0 aromatic carbocycles. The largest absolute Gasteiger partial charge is 0.750 e. The molecule has 70 valence electrons. The summed E-state index contributed by atoms with van der Waals surface area (Å²) in [5.74, 6) is 0. The van der Waals surface area contributed by atoms with Crippen LogP contribution in [0.4, 0.5) is 0 Å². The first-order valence-electron chi connectivity index (χ1n) is 2.99. The number of rotatable bonds is 2. The minimum Gasteiger partial charge on any atom is -0.750 e. The van der Waals surface area contributed by atoms with Crippen LogP contribution in [-0.4, -0.2) is 57.2 Å². The zero-order valence-electron chi connectivity index (χ0n) is 6.98. The summed E-state index contributed by atoms with van der Waals surface area (Å²) in [5.41, 5.74) is 0. The van der Waals surface area contributed by atoms with E-state index < -0.39 is 11.4 Å². The lowest BCUT2D eigenvalue weighted by atomic mass is 10.5. The molecule has 0 amide bonds. The minimum absolute atomic E-state index is 0.281. The van der Waals surface area contributed by atoms with Crippen LogP contribution in [0.2, 0.25) is 0 Å². The molecule has 0 spiro atoms. The third-order valence-electron chi connectivity index (χ3n) is 0.771. The number of aliphatic hydroxyl groups is 1. The summed E-state index contributed by atoms with van der Waals surface area (Å²) in [5, 5.41) is 8.39. The van der Waals surface area contributed by atoms with Gasteiger partial charge in [-0.05, 0) is 0 Å². The van der Waals surface area contributed by atoms with Crippen molar-refractivity contribution < 1.29 is 22.9 Å². The zero-order chi connectivity index (χ0) is 9.49. The molecule has 0 bridgehead atoms. The molecule has 0 saturated heterocycles. The number of aliphatic hydroxyl groups excluding tert-OH is 1. The van der Waals surface area contributed by atoms with Crippen molar-refractivity contribution in [1.82, 2.24) is 0 Å². The van der Waals surface area contributed by atoms with E-state index in [2.05, 4.69) is 21.1 Å². The van der Waals surface area contributed by atoms with Gasteiger partial charge in [0.1, 0.15) is 6.54 Å². The van der Waals surface area contributed by atoms with Gasteiger partial charge >= 0.3 is 0 Å². The van der Waals surface area contributed by atoms with Gasteiger partial charge in [0.2, 0.25) is 0 Å². The van der Waals surface area contributed by atoms with E-state index in [-0.39, 0.29) is 6.61 Å². The molecule has 0 aromatic rings. The highest BCUT2D eigenvalue weighted by molar-refractivity contribution is 7.73. The molecule has 6 heteroatoms. The van der Waals surface area contributed by atoms with Crippen LogP contribution in [0.3, 0.4) is 0 Å². The first-order valence-corrected chi connectivity index (χ1v) is 4.02. The van der Waals surface area contributed by atoms with Crippen LogP contribution in [0.15, 0.2) is 0 Å². The smallest absolute Gasteiger partial charge is 0.101 e. The molecule has 1 unspecified atom stereocenters. The van der Waals surface area contributed by atoms with Crippen molar-refractivity contribution in [3.63, 3.8) is 0 Å². The van der Waals surface area contributed by atoms with Gasteiger partial charge < -0.3 is 18.7 Å². The molecule has 0 aromatic heterocycles. The van der Waals surface area contributed by atoms with Crippen molar-refractivity contribution >= 4 is 11.4 Å². The van der Waals surface area contributed by atoms with Crippen LogP contribution < -0.4 is 0 Å². The number of hydrogen-bond donors (Lipinski definition) is 2. The van der Waals surface area contributed by atoms with Crippen molar-refractivity contribution in [3.05, 3.63) is 0 Å². The molecule has 0 heterocycles. The lowest BCUT2D eigenvalue weighted by molar-refractivity contribution is -0.870. The Bertz CT molecular complexity index is 108.